The van der Waals surface area contributed by atoms with Gasteiger partial charge in [0, 0.05) is 0 Å². The van der Waals surface area contributed by atoms with Gasteiger partial charge in [0.25, 0.3) is 0 Å². The van der Waals surface area contributed by atoms with Gasteiger partial charge in [0.15, 0.2) is 0 Å². The molecule has 1 aromatic heterocycles. The van der Waals surface area contributed by atoms with Crippen LogP contribution >= 0.6 is 0 Å². The molecule has 3 heteroatoms. The Morgan fingerprint density at radius 2 is 1.59 bits per heavy atom. The van der Waals surface area contributed by atoms with Crippen molar-refractivity contribution in [1.82, 2.24) is 0 Å². The summed E-state index contributed by atoms with van der Waals surface area (Å²) in [6.45, 7) is 2.64. The number of hydrogen-bond acceptors (Lipinski definition) is 3. The Morgan fingerprint density at radius 1 is 0.909 bits per heavy atom. The van der Waals surface area contributed by atoms with Gasteiger partial charge in [-0.3, -0.25) is 5.01 Å². The van der Waals surface area contributed by atoms with Gasteiger partial charge < -0.3 is 4.42 Å². The van der Waals surface area contributed by atoms with Gasteiger partial charge in [-0.1, -0.05) is 48.5 Å². The first-order chi connectivity index (χ1) is 10.8. The minimum Gasteiger partial charge on any atom is -0.460 e. The van der Waals surface area contributed by atoms with E-state index in [-0.39, 0.29) is 0 Å². The minimum absolute atomic E-state index is 0.709. The zero-order valence-corrected chi connectivity index (χ0v) is 12.5. The second-order valence-corrected chi connectivity index (χ2v) is 5.07. The molecule has 3 rings (SSSR count). The molecule has 0 spiro atoms. The third kappa shape index (κ3) is 3.64. The quantitative estimate of drug-likeness (QED) is 0.506. The maximum atomic E-state index is 5.54. The zero-order valence-electron chi connectivity index (χ0n) is 12.5. The van der Waals surface area contributed by atoms with E-state index in [1.807, 2.05) is 72.6 Å². The largest absolute Gasteiger partial charge is 0.460 e. The molecule has 3 aromatic rings. The first kappa shape index (κ1) is 14.1. The van der Waals surface area contributed by atoms with Gasteiger partial charge in [0.05, 0.1) is 18.4 Å². The molecule has 0 saturated carbocycles. The Bertz CT molecular complexity index is 732. The van der Waals surface area contributed by atoms with Crippen LogP contribution in [-0.4, -0.2) is 6.21 Å². The first-order valence-electron chi connectivity index (χ1n) is 7.28. The lowest BCUT2D eigenvalue weighted by atomic mass is 10.2. The van der Waals surface area contributed by atoms with Gasteiger partial charge in [0.1, 0.15) is 11.5 Å². The number of nitrogens with zero attached hydrogens (tertiary/aromatic N) is 2. The van der Waals surface area contributed by atoms with Crippen molar-refractivity contribution in [2.45, 2.75) is 13.5 Å². The fraction of sp³-hybridized carbons (Fsp3) is 0.105. The van der Waals surface area contributed by atoms with Gasteiger partial charge in [-0.25, -0.2) is 0 Å². The molecule has 0 saturated heterocycles. The Kier molecular flexibility index (Phi) is 4.35. The fourth-order valence-electron chi connectivity index (χ4n) is 2.20. The van der Waals surface area contributed by atoms with E-state index in [0.29, 0.717) is 6.54 Å². The molecule has 0 unspecified atom stereocenters. The predicted molar refractivity (Wildman–Crippen MR) is 90.1 cm³/mol. The number of benzene rings is 2. The lowest BCUT2D eigenvalue weighted by molar-refractivity contribution is 0.527. The van der Waals surface area contributed by atoms with Gasteiger partial charge in [-0.2, -0.15) is 5.10 Å². The van der Waals surface area contributed by atoms with E-state index >= 15 is 0 Å². The van der Waals surface area contributed by atoms with E-state index in [0.717, 1.165) is 17.2 Å². The molecule has 1 heterocycles. The summed E-state index contributed by atoms with van der Waals surface area (Å²) in [6, 6.07) is 24.3. The summed E-state index contributed by atoms with van der Waals surface area (Å²) in [5.41, 5.74) is 2.25. The van der Waals surface area contributed by atoms with Gasteiger partial charge in [0.2, 0.25) is 0 Å². The van der Waals surface area contributed by atoms with Crippen LogP contribution in [0.2, 0.25) is 0 Å². The number of anilines is 1. The smallest absolute Gasteiger partial charge is 0.147 e. The second-order valence-electron chi connectivity index (χ2n) is 5.07. The van der Waals surface area contributed by atoms with Crippen LogP contribution in [0.4, 0.5) is 5.69 Å². The monoisotopic (exact) mass is 290 g/mol. The summed E-state index contributed by atoms with van der Waals surface area (Å²) in [5.74, 6) is 1.64. The van der Waals surface area contributed by atoms with Crippen LogP contribution in [0, 0.1) is 6.92 Å². The summed E-state index contributed by atoms with van der Waals surface area (Å²) < 4.78 is 5.54. The third-order valence-corrected chi connectivity index (χ3v) is 3.31. The second kappa shape index (κ2) is 6.76. The number of rotatable bonds is 5. The topological polar surface area (TPSA) is 28.7 Å². The molecular formula is C19H18N2O. The molecule has 0 amide bonds. The lowest BCUT2D eigenvalue weighted by Gasteiger charge is -2.19. The molecule has 110 valence electrons. The molecule has 2 aromatic carbocycles. The molecule has 0 N–H and O–H groups in total. The Labute approximate surface area is 130 Å². The van der Waals surface area contributed by atoms with Crippen molar-refractivity contribution >= 4 is 11.9 Å². The number of furan rings is 1. The van der Waals surface area contributed by atoms with Crippen LogP contribution < -0.4 is 5.01 Å². The normalized spacial score (nSPS) is 11.0. The van der Waals surface area contributed by atoms with Crippen molar-refractivity contribution in [2.75, 3.05) is 5.01 Å². The van der Waals surface area contributed by atoms with Gasteiger partial charge in [-0.15, -0.1) is 0 Å². The average Bonchev–Trinajstić information content (AvgIpc) is 2.99. The first-order valence-corrected chi connectivity index (χ1v) is 7.28. The van der Waals surface area contributed by atoms with E-state index in [9.17, 15) is 0 Å². The van der Waals surface area contributed by atoms with Crippen LogP contribution in [0.1, 0.15) is 17.1 Å². The molecular weight excluding hydrogens is 272 g/mol. The van der Waals surface area contributed by atoms with E-state index in [1.54, 1.807) is 6.21 Å². The minimum atomic E-state index is 0.709. The summed E-state index contributed by atoms with van der Waals surface area (Å²) in [4.78, 5) is 0. The zero-order chi connectivity index (χ0) is 15.2. The maximum Gasteiger partial charge on any atom is 0.147 e. The van der Waals surface area contributed by atoms with E-state index < -0.39 is 0 Å². The highest BCUT2D eigenvalue weighted by Gasteiger charge is 2.05. The molecule has 3 nitrogen and oxygen atoms in total. The van der Waals surface area contributed by atoms with Gasteiger partial charge >= 0.3 is 0 Å². The van der Waals surface area contributed by atoms with Crippen molar-refractivity contribution in [2.24, 2.45) is 5.10 Å². The number of aryl methyl sites for hydroxylation is 1. The molecule has 0 atom stereocenters. The molecule has 0 aliphatic rings. The number of hydrogen-bond donors (Lipinski definition) is 0. The standard InChI is InChI=1S/C19H18N2O/c1-16-12-13-19(22-16)14-20-21(18-10-6-3-7-11-18)15-17-8-4-2-5-9-17/h2-14H,15H2,1H3/b20-14+. The molecule has 0 aliphatic carbocycles. The van der Waals surface area contributed by atoms with Crippen LogP contribution in [-0.2, 0) is 6.54 Å². The molecule has 0 bridgehead atoms. The molecule has 22 heavy (non-hydrogen) atoms. The van der Waals surface area contributed by atoms with Crippen LogP contribution in [0.3, 0.4) is 0 Å². The van der Waals surface area contributed by atoms with Crippen molar-refractivity contribution < 1.29 is 4.42 Å². The van der Waals surface area contributed by atoms with Crippen LogP contribution in [0.25, 0.3) is 0 Å². The van der Waals surface area contributed by atoms with Crippen molar-refractivity contribution in [1.29, 1.82) is 0 Å². The van der Waals surface area contributed by atoms with Gasteiger partial charge in [-0.05, 0) is 36.8 Å². The van der Waals surface area contributed by atoms with Crippen molar-refractivity contribution in [3.63, 3.8) is 0 Å². The number of hydrazone groups is 1. The van der Waals surface area contributed by atoms with Crippen LogP contribution in [0.15, 0.2) is 82.3 Å². The Balaban J connectivity index is 1.84. The maximum absolute atomic E-state index is 5.54. The molecule has 0 fully saturated rings. The molecule has 0 aliphatic heterocycles. The highest BCUT2D eigenvalue weighted by molar-refractivity contribution is 5.76. The SMILES string of the molecule is Cc1ccc(/C=N/N(Cc2ccccc2)c2ccccc2)o1. The van der Waals surface area contributed by atoms with E-state index in [2.05, 4.69) is 17.2 Å². The Hall–Kier alpha value is -2.81. The van der Waals surface area contributed by atoms with Crippen molar-refractivity contribution in [3.8, 4) is 0 Å². The summed E-state index contributed by atoms with van der Waals surface area (Å²) >= 11 is 0. The molecule has 0 radical (unpaired) electrons. The van der Waals surface area contributed by atoms with Crippen LogP contribution in [0.5, 0.6) is 0 Å². The summed E-state index contributed by atoms with van der Waals surface area (Å²) in [7, 11) is 0. The highest BCUT2D eigenvalue weighted by atomic mass is 16.3. The highest BCUT2D eigenvalue weighted by Crippen LogP contribution is 2.17. The lowest BCUT2D eigenvalue weighted by Crippen LogP contribution is -2.15. The fourth-order valence-corrected chi connectivity index (χ4v) is 2.20. The Morgan fingerprint density at radius 3 is 2.23 bits per heavy atom. The van der Waals surface area contributed by atoms with E-state index in [1.165, 1.54) is 5.56 Å². The predicted octanol–water partition coefficient (Wildman–Crippen LogP) is 4.63. The number of para-hydroxylation sites is 1. The van der Waals surface area contributed by atoms with E-state index in [4.69, 9.17) is 4.42 Å². The average molecular weight is 290 g/mol. The van der Waals surface area contributed by atoms with Crippen molar-refractivity contribution in [3.05, 3.63) is 89.9 Å². The summed E-state index contributed by atoms with van der Waals surface area (Å²) in [5, 5.41) is 6.55. The summed E-state index contributed by atoms with van der Waals surface area (Å²) in [6.07, 6.45) is 1.75. The third-order valence-electron chi connectivity index (χ3n) is 3.31.